The van der Waals surface area contributed by atoms with Crippen LogP contribution in [0.3, 0.4) is 0 Å². The van der Waals surface area contributed by atoms with Gasteiger partial charge in [-0.05, 0) is 29.8 Å². The zero-order valence-corrected chi connectivity index (χ0v) is 9.48. The van der Waals surface area contributed by atoms with Crippen molar-refractivity contribution < 1.29 is 14.6 Å². The summed E-state index contributed by atoms with van der Waals surface area (Å²) in [6.45, 7) is 0. The molecule has 1 heterocycles. The highest BCUT2D eigenvalue weighted by Crippen LogP contribution is 2.11. The second-order valence-electron chi connectivity index (χ2n) is 3.74. The van der Waals surface area contributed by atoms with Crippen LogP contribution in [0.2, 0.25) is 0 Å². The number of benzene rings is 1. The number of aromatic hydroxyl groups is 1. The van der Waals surface area contributed by atoms with Crippen molar-refractivity contribution in [3.8, 4) is 5.75 Å². The average Bonchev–Trinajstić information content (AvgIpc) is 2.38. The van der Waals surface area contributed by atoms with Crippen molar-refractivity contribution in [2.45, 2.75) is 0 Å². The Hall–Kier alpha value is -2.62. The number of carbonyl (C=O) groups is 1. The predicted octanol–water partition coefficient (Wildman–Crippen LogP) is 1.92. The molecule has 0 aliphatic heterocycles. The Morgan fingerprint density at radius 3 is 2.61 bits per heavy atom. The van der Waals surface area contributed by atoms with E-state index in [-0.39, 0.29) is 11.5 Å². The number of allylic oxidation sites excluding steroid dienone is 1. The Balaban J connectivity index is 2.14. The van der Waals surface area contributed by atoms with Gasteiger partial charge in [0.25, 0.3) is 0 Å². The summed E-state index contributed by atoms with van der Waals surface area (Å²) in [6, 6.07) is 9.57. The van der Waals surface area contributed by atoms with Crippen LogP contribution in [0, 0.1) is 5.21 Å². The third-order valence-electron chi connectivity index (χ3n) is 2.38. The third kappa shape index (κ3) is 2.95. The lowest BCUT2D eigenvalue weighted by Gasteiger charge is -1.97. The molecule has 0 amide bonds. The molecular formula is C14H11NO3. The maximum absolute atomic E-state index is 11.7. The van der Waals surface area contributed by atoms with E-state index in [9.17, 15) is 10.0 Å². The van der Waals surface area contributed by atoms with Crippen molar-refractivity contribution in [2.24, 2.45) is 0 Å². The highest BCUT2D eigenvalue weighted by Gasteiger charge is 2.04. The summed E-state index contributed by atoms with van der Waals surface area (Å²) in [6.07, 6.45) is 5.57. The topological polar surface area (TPSA) is 64.2 Å². The molecule has 2 aromatic rings. The van der Waals surface area contributed by atoms with Crippen LogP contribution in [-0.2, 0) is 0 Å². The van der Waals surface area contributed by atoms with Gasteiger partial charge in [-0.25, -0.2) is 0 Å². The number of hydrogen-bond acceptors (Lipinski definition) is 3. The smallest absolute Gasteiger partial charge is 0.191 e. The molecule has 0 unspecified atom stereocenters. The van der Waals surface area contributed by atoms with Gasteiger partial charge in [0.15, 0.2) is 18.2 Å². The Morgan fingerprint density at radius 2 is 1.94 bits per heavy atom. The van der Waals surface area contributed by atoms with Crippen LogP contribution in [0.1, 0.15) is 15.9 Å². The van der Waals surface area contributed by atoms with Gasteiger partial charge in [-0.15, -0.1) is 0 Å². The molecule has 0 saturated carbocycles. The standard InChI is InChI=1S/C14H11NO3/c16-13-6-3-11(4-7-13)5-8-14(17)12-2-1-9-15(18)10-12/h1-10,16H/b8-5-. The van der Waals surface area contributed by atoms with Gasteiger partial charge in [-0.2, -0.15) is 4.73 Å². The van der Waals surface area contributed by atoms with Crippen LogP contribution in [0.15, 0.2) is 54.9 Å². The number of ketones is 1. The van der Waals surface area contributed by atoms with Crippen molar-refractivity contribution in [1.82, 2.24) is 0 Å². The van der Waals surface area contributed by atoms with Gasteiger partial charge in [0.2, 0.25) is 0 Å². The summed E-state index contributed by atoms with van der Waals surface area (Å²) in [7, 11) is 0. The van der Waals surface area contributed by atoms with Gasteiger partial charge < -0.3 is 10.3 Å². The Morgan fingerprint density at radius 1 is 1.22 bits per heavy atom. The second kappa shape index (κ2) is 5.14. The lowest BCUT2D eigenvalue weighted by Crippen LogP contribution is -2.25. The molecular weight excluding hydrogens is 230 g/mol. The minimum absolute atomic E-state index is 0.175. The summed E-state index contributed by atoms with van der Waals surface area (Å²) in [5.41, 5.74) is 1.13. The SMILES string of the molecule is O=C(/C=C\c1ccc(O)cc1)c1ccc[n+]([O-])c1. The lowest BCUT2D eigenvalue weighted by atomic mass is 10.1. The van der Waals surface area contributed by atoms with E-state index in [1.165, 1.54) is 36.7 Å². The van der Waals surface area contributed by atoms with Crippen molar-refractivity contribution in [2.75, 3.05) is 0 Å². The number of rotatable bonds is 3. The number of aromatic nitrogens is 1. The average molecular weight is 241 g/mol. The first-order chi connectivity index (χ1) is 8.65. The second-order valence-corrected chi connectivity index (χ2v) is 3.74. The number of pyridine rings is 1. The Kier molecular flexibility index (Phi) is 3.38. The van der Waals surface area contributed by atoms with Gasteiger partial charge in [0.05, 0.1) is 5.56 Å². The van der Waals surface area contributed by atoms with E-state index < -0.39 is 0 Å². The molecule has 2 rings (SSSR count). The molecule has 1 aromatic carbocycles. The first-order valence-electron chi connectivity index (χ1n) is 5.35. The first-order valence-corrected chi connectivity index (χ1v) is 5.35. The highest BCUT2D eigenvalue weighted by atomic mass is 16.5. The third-order valence-corrected chi connectivity index (χ3v) is 2.38. The van der Waals surface area contributed by atoms with Crippen LogP contribution in [0.25, 0.3) is 6.08 Å². The van der Waals surface area contributed by atoms with E-state index in [1.807, 2.05) is 0 Å². The minimum atomic E-state index is -0.242. The molecule has 4 heteroatoms. The summed E-state index contributed by atoms with van der Waals surface area (Å²) in [4.78, 5) is 11.7. The zero-order valence-electron chi connectivity index (χ0n) is 9.48. The fourth-order valence-corrected chi connectivity index (χ4v) is 1.45. The van der Waals surface area contributed by atoms with Crippen molar-refractivity contribution in [3.05, 3.63) is 71.2 Å². The van der Waals surface area contributed by atoms with Crippen molar-refractivity contribution in [1.29, 1.82) is 0 Å². The molecule has 4 nitrogen and oxygen atoms in total. The van der Waals surface area contributed by atoms with Crippen LogP contribution in [-0.4, -0.2) is 10.9 Å². The largest absolute Gasteiger partial charge is 0.619 e. The molecule has 1 N–H and O–H groups in total. The monoisotopic (exact) mass is 241 g/mol. The van der Waals surface area contributed by atoms with Gasteiger partial charge in [-0.3, -0.25) is 4.79 Å². The zero-order chi connectivity index (χ0) is 13.0. The minimum Gasteiger partial charge on any atom is -0.619 e. The molecule has 0 spiro atoms. The van der Waals surface area contributed by atoms with Crippen LogP contribution in [0.4, 0.5) is 0 Å². The summed E-state index contributed by atoms with van der Waals surface area (Å²) < 4.78 is 0.585. The predicted molar refractivity (Wildman–Crippen MR) is 66.9 cm³/mol. The van der Waals surface area contributed by atoms with Gasteiger partial charge >= 0.3 is 0 Å². The molecule has 0 radical (unpaired) electrons. The lowest BCUT2D eigenvalue weighted by molar-refractivity contribution is -0.605. The van der Waals surface area contributed by atoms with Gasteiger partial charge in [0, 0.05) is 6.07 Å². The quantitative estimate of drug-likeness (QED) is 0.386. The van der Waals surface area contributed by atoms with Crippen molar-refractivity contribution >= 4 is 11.9 Å². The van der Waals surface area contributed by atoms with E-state index in [1.54, 1.807) is 24.3 Å². The molecule has 0 atom stereocenters. The first kappa shape index (κ1) is 11.9. The van der Waals surface area contributed by atoms with Gasteiger partial charge in [0.1, 0.15) is 5.75 Å². The van der Waals surface area contributed by atoms with E-state index in [0.29, 0.717) is 10.3 Å². The molecule has 0 saturated heterocycles. The fraction of sp³-hybridized carbons (Fsp3) is 0. The maximum atomic E-state index is 11.7. The Bertz CT molecular complexity index is 588. The van der Waals surface area contributed by atoms with E-state index in [2.05, 4.69) is 0 Å². The van der Waals surface area contributed by atoms with Crippen molar-refractivity contribution in [3.63, 3.8) is 0 Å². The number of phenolic OH excluding ortho intramolecular Hbond substituents is 1. The van der Waals surface area contributed by atoms with E-state index >= 15 is 0 Å². The maximum Gasteiger partial charge on any atom is 0.191 e. The molecule has 1 aromatic heterocycles. The normalized spacial score (nSPS) is 10.7. The number of nitrogens with zero attached hydrogens (tertiary/aromatic N) is 1. The molecule has 18 heavy (non-hydrogen) atoms. The van der Waals surface area contributed by atoms with Crippen LogP contribution >= 0.6 is 0 Å². The number of carbonyl (C=O) groups excluding carboxylic acids is 1. The molecule has 90 valence electrons. The van der Waals surface area contributed by atoms with E-state index in [4.69, 9.17) is 5.11 Å². The van der Waals surface area contributed by atoms with Crippen LogP contribution in [0.5, 0.6) is 5.75 Å². The molecule has 0 fully saturated rings. The molecule has 0 bridgehead atoms. The van der Waals surface area contributed by atoms with E-state index in [0.717, 1.165) is 5.56 Å². The Labute approximate surface area is 104 Å². The summed E-state index contributed by atoms with van der Waals surface area (Å²) in [5.74, 6) is -0.0674. The summed E-state index contributed by atoms with van der Waals surface area (Å²) in [5, 5.41) is 20.1. The number of phenols is 1. The highest BCUT2D eigenvalue weighted by molar-refractivity contribution is 6.06. The van der Waals surface area contributed by atoms with Crippen LogP contribution < -0.4 is 4.73 Å². The summed E-state index contributed by atoms with van der Waals surface area (Å²) >= 11 is 0. The van der Waals surface area contributed by atoms with Gasteiger partial charge in [-0.1, -0.05) is 18.2 Å². The molecule has 0 aliphatic rings. The molecule has 0 aliphatic carbocycles. The fourth-order valence-electron chi connectivity index (χ4n) is 1.45. The number of hydrogen-bond donors (Lipinski definition) is 1.